The molecule has 1 heterocycles. The second-order valence-electron chi connectivity index (χ2n) is 2.41. The molecule has 0 aliphatic rings. The topological polar surface area (TPSA) is 48.1 Å². The lowest BCUT2D eigenvalue weighted by Gasteiger charge is -1.94. The lowest BCUT2D eigenvalue weighted by molar-refractivity contribution is 0.134. The van der Waals surface area contributed by atoms with Gasteiger partial charge in [-0.2, -0.15) is 0 Å². The standard InChI is InChI=1S/C8H14N2OS/c1-2-11-5-8-10-7(3-4-9)6-12-8/h6H,2-5,9H2,1H3. The molecule has 3 nitrogen and oxygen atoms in total. The van der Waals surface area contributed by atoms with E-state index in [1.165, 1.54) is 0 Å². The zero-order chi connectivity index (χ0) is 8.81. The predicted molar refractivity (Wildman–Crippen MR) is 50.2 cm³/mol. The zero-order valence-corrected chi connectivity index (χ0v) is 8.06. The minimum absolute atomic E-state index is 0.631. The molecule has 0 radical (unpaired) electrons. The first-order valence-corrected chi connectivity index (χ1v) is 4.96. The molecule has 0 spiro atoms. The molecule has 0 atom stereocenters. The molecule has 0 bridgehead atoms. The summed E-state index contributed by atoms with van der Waals surface area (Å²) < 4.78 is 5.23. The number of hydrogen-bond acceptors (Lipinski definition) is 4. The van der Waals surface area contributed by atoms with Crippen LogP contribution in [0.5, 0.6) is 0 Å². The Balaban J connectivity index is 2.41. The Bertz CT molecular complexity index is 225. The van der Waals surface area contributed by atoms with Crippen LogP contribution in [-0.4, -0.2) is 18.1 Å². The zero-order valence-electron chi connectivity index (χ0n) is 7.25. The van der Waals surface area contributed by atoms with Gasteiger partial charge in [0.15, 0.2) is 0 Å². The largest absolute Gasteiger partial charge is 0.375 e. The molecular formula is C8H14N2OS. The minimum Gasteiger partial charge on any atom is -0.375 e. The van der Waals surface area contributed by atoms with Crippen LogP contribution < -0.4 is 5.73 Å². The number of ether oxygens (including phenoxy) is 1. The number of nitrogens with zero attached hydrogens (tertiary/aromatic N) is 1. The molecule has 0 aliphatic heterocycles. The van der Waals surface area contributed by atoms with Crippen molar-refractivity contribution in [2.24, 2.45) is 5.73 Å². The van der Waals surface area contributed by atoms with Gasteiger partial charge < -0.3 is 10.5 Å². The highest BCUT2D eigenvalue weighted by Gasteiger charge is 1.99. The lowest BCUT2D eigenvalue weighted by Crippen LogP contribution is -2.03. The molecule has 1 aromatic rings. The van der Waals surface area contributed by atoms with Crippen LogP contribution in [0, 0.1) is 0 Å². The van der Waals surface area contributed by atoms with Crippen molar-refractivity contribution in [1.29, 1.82) is 0 Å². The fraction of sp³-hybridized carbons (Fsp3) is 0.625. The summed E-state index contributed by atoms with van der Waals surface area (Å²) >= 11 is 1.64. The van der Waals surface area contributed by atoms with Gasteiger partial charge in [-0.3, -0.25) is 0 Å². The molecular weight excluding hydrogens is 172 g/mol. The second kappa shape index (κ2) is 5.24. The highest BCUT2D eigenvalue weighted by molar-refractivity contribution is 7.09. The van der Waals surface area contributed by atoms with E-state index in [-0.39, 0.29) is 0 Å². The summed E-state index contributed by atoms with van der Waals surface area (Å²) in [6, 6.07) is 0. The van der Waals surface area contributed by atoms with Crippen molar-refractivity contribution >= 4 is 11.3 Å². The first-order chi connectivity index (χ1) is 5.86. The number of rotatable bonds is 5. The van der Waals surface area contributed by atoms with Crippen LogP contribution >= 0.6 is 11.3 Å². The maximum atomic E-state index is 5.40. The highest BCUT2D eigenvalue weighted by atomic mass is 32.1. The van der Waals surface area contributed by atoms with Gasteiger partial charge in [0.05, 0.1) is 12.3 Å². The van der Waals surface area contributed by atoms with E-state index in [0.29, 0.717) is 13.2 Å². The molecule has 12 heavy (non-hydrogen) atoms. The van der Waals surface area contributed by atoms with Gasteiger partial charge in [-0.05, 0) is 13.5 Å². The maximum Gasteiger partial charge on any atom is 0.119 e. The smallest absolute Gasteiger partial charge is 0.119 e. The van der Waals surface area contributed by atoms with Crippen LogP contribution in [0.1, 0.15) is 17.6 Å². The van der Waals surface area contributed by atoms with Crippen molar-refractivity contribution < 1.29 is 4.74 Å². The second-order valence-corrected chi connectivity index (χ2v) is 3.35. The minimum atomic E-state index is 0.631. The Labute approximate surface area is 76.6 Å². The van der Waals surface area contributed by atoms with E-state index in [2.05, 4.69) is 4.98 Å². The van der Waals surface area contributed by atoms with Crippen LogP contribution in [0.15, 0.2) is 5.38 Å². The SMILES string of the molecule is CCOCc1nc(CCN)cs1. The molecule has 2 N–H and O–H groups in total. The number of nitrogens with two attached hydrogens (primary N) is 1. The maximum absolute atomic E-state index is 5.40. The van der Waals surface area contributed by atoms with Crippen LogP contribution in [0.3, 0.4) is 0 Å². The fourth-order valence-corrected chi connectivity index (χ4v) is 1.63. The molecule has 0 fully saturated rings. The summed E-state index contributed by atoms with van der Waals surface area (Å²) in [4.78, 5) is 4.35. The van der Waals surface area contributed by atoms with Crippen LogP contribution in [0.2, 0.25) is 0 Å². The van der Waals surface area contributed by atoms with E-state index < -0.39 is 0 Å². The molecule has 4 heteroatoms. The third-order valence-corrected chi connectivity index (χ3v) is 2.30. The van der Waals surface area contributed by atoms with Crippen molar-refractivity contribution in [1.82, 2.24) is 4.98 Å². The first kappa shape index (κ1) is 9.64. The Morgan fingerprint density at radius 3 is 3.17 bits per heavy atom. The predicted octanol–water partition coefficient (Wildman–Crippen LogP) is 1.18. The quantitative estimate of drug-likeness (QED) is 0.751. The molecule has 0 unspecified atom stereocenters. The van der Waals surface area contributed by atoms with Gasteiger partial charge >= 0.3 is 0 Å². The summed E-state index contributed by atoms with van der Waals surface area (Å²) in [5.41, 5.74) is 6.48. The van der Waals surface area contributed by atoms with Gasteiger partial charge in [-0.1, -0.05) is 0 Å². The first-order valence-electron chi connectivity index (χ1n) is 4.08. The third-order valence-electron chi connectivity index (χ3n) is 1.43. The van der Waals surface area contributed by atoms with Crippen molar-refractivity contribution in [3.63, 3.8) is 0 Å². The van der Waals surface area contributed by atoms with E-state index in [0.717, 1.165) is 23.7 Å². The summed E-state index contributed by atoms with van der Waals surface area (Å²) in [6.45, 7) is 4.02. The average molecular weight is 186 g/mol. The molecule has 0 saturated heterocycles. The van der Waals surface area contributed by atoms with Crippen molar-refractivity contribution in [3.05, 3.63) is 16.1 Å². The number of thiazole rings is 1. The normalized spacial score (nSPS) is 10.5. The average Bonchev–Trinajstić information content (AvgIpc) is 2.50. The van der Waals surface area contributed by atoms with Gasteiger partial charge in [0.1, 0.15) is 5.01 Å². The van der Waals surface area contributed by atoms with Crippen molar-refractivity contribution in [2.45, 2.75) is 20.0 Å². The summed E-state index contributed by atoms with van der Waals surface area (Å²) in [7, 11) is 0. The number of hydrogen-bond donors (Lipinski definition) is 1. The molecule has 1 aromatic heterocycles. The number of aromatic nitrogens is 1. The van der Waals surface area contributed by atoms with E-state index in [1.54, 1.807) is 11.3 Å². The van der Waals surface area contributed by atoms with Gasteiger partial charge in [-0.25, -0.2) is 4.98 Å². The van der Waals surface area contributed by atoms with Gasteiger partial charge in [0.25, 0.3) is 0 Å². The van der Waals surface area contributed by atoms with E-state index in [4.69, 9.17) is 10.5 Å². The van der Waals surface area contributed by atoms with Crippen LogP contribution in [0.4, 0.5) is 0 Å². The Hall–Kier alpha value is -0.450. The van der Waals surface area contributed by atoms with Gasteiger partial charge in [0, 0.05) is 18.4 Å². The monoisotopic (exact) mass is 186 g/mol. The Kier molecular flexibility index (Phi) is 4.21. The van der Waals surface area contributed by atoms with Gasteiger partial charge in [-0.15, -0.1) is 11.3 Å². The van der Waals surface area contributed by atoms with Gasteiger partial charge in [0.2, 0.25) is 0 Å². The molecule has 68 valence electrons. The summed E-state index contributed by atoms with van der Waals surface area (Å²) in [5.74, 6) is 0. The van der Waals surface area contributed by atoms with Crippen LogP contribution in [-0.2, 0) is 17.8 Å². The fourth-order valence-electron chi connectivity index (χ4n) is 0.867. The van der Waals surface area contributed by atoms with E-state index >= 15 is 0 Å². The summed E-state index contributed by atoms with van der Waals surface area (Å²) in [6.07, 6.45) is 0.864. The lowest BCUT2D eigenvalue weighted by atomic mass is 10.3. The molecule has 1 rings (SSSR count). The van der Waals surface area contributed by atoms with E-state index in [9.17, 15) is 0 Å². The molecule has 0 aliphatic carbocycles. The molecule has 0 aromatic carbocycles. The van der Waals surface area contributed by atoms with Crippen molar-refractivity contribution in [3.8, 4) is 0 Å². The molecule has 0 amide bonds. The van der Waals surface area contributed by atoms with E-state index in [1.807, 2.05) is 12.3 Å². The Morgan fingerprint density at radius 2 is 2.50 bits per heavy atom. The van der Waals surface area contributed by atoms with Crippen LogP contribution in [0.25, 0.3) is 0 Å². The van der Waals surface area contributed by atoms with Crippen molar-refractivity contribution in [2.75, 3.05) is 13.2 Å². The summed E-state index contributed by atoms with van der Waals surface area (Å²) in [5, 5.41) is 3.08. The highest BCUT2D eigenvalue weighted by Crippen LogP contribution is 2.10. The molecule has 0 saturated carbocycles. The Morgan fingerprint density at radius 1 is 1.67 bits per heavy atom. The third kappa shape index (κ3) is 2.89.